The Morgan fingerprint density at radius 1 is 1.18 bits per heavy atom. The quantitative estimate of drug-likeness (QED) is 0.446. The molecule has 0 radical (unpaired) electrons. The van der Waals surface area contributed by atoms with E-state index in [9.17, 15) is 10.1 Å². The van der Waals surface area contributed by atoms with Crippen molar-refractivity contribution in [3.63, 3.8) is 0 Å². The number of nitrogen functional groups attached to an aromatic ring is 2. The molecule has 0 aliphatic carbocycles. The summed E-state index contributed by atoms with van der Waals surface area (Å²) < 4.78 is 0. The van der Waals surface area contributed by atoms with E-state index in [1.807, 2.05) is 42.5 Å². The number of amides is 1. The van der Waals surface area contributed by atoms with Crippen LogP contribution in [-0.4, -0.2) is 17.4 Å². The summed E-state index contributed by atoms with van der Waals surface area (Å²) in [6.45, 7) is 2.72. The number of rotatable bonds is 3. The number of nitrogens with zero attached hydrogens (tertiary/aromatic N) is 3. The molecule has 4 aromatic rings. The number of aromatic nitrogens is 1. The molecule has 0 spiro atoms. The van der Waals surface area contributed by atoms with Crippen molar-refractivity contribution in [3.05, 3.63) is 70.1 Å². The van der Waals surface area contributed by atoms with Gasteiger partial charge in [-0.25, -0.2) is 4.98 Å². The number of hydrogen-bond donors (Lipinski definition) is 2. The molecule has 1 aliphatic rings. The van der Waals surface area contributed by atoms with Gasteiger partial charge in [0.2, 0.25) is 0 Å². The van der Waals surface area contributed by atoms with E-state index in [0.29, 0.717) is 32.9 Å². The normalized spacial score (nSPS) is 13.0. The molecule has 0 saturated carbocycles. The van der Waals surface area contributed by atoms with Crippen molar-refractivity contribution < 1.29 is 4.79 Å². The van der Waals surface area contributed by atoms with Crippen LogP contribution in [0.4, 0.5) is 17.2 Å². The van der Waals surface area contributed by atoms with Gasteiger partial charge in [0, 0.05) is 23.2 Å². The lowest BCUT2D eigenvalue weighted by Gasteiger charge is -2.29. The molecule has 0 atom stereocenters. The van der Waals surface area contributed by atoms with Crippen LogP contribution in [0.5, 0.6) is 0 Å². The Bertz CT molecular complexity index is 1430. The molecular weight excluding hydrogens is 430 g/mol. The molecule has 4 N–H and O–H groups in total. The van der Waals surface area contributed by atoms with Crippen molar-refractivity contribution in [1.29, 1.82) is 5.26 Å². The van der Waals surface area contributed by atoms with Crippen LogP contribution < -0.4 is 16.4 Å². The number of thiophene rings is 1. The minimum atomic E-state index is -0.146. The molecular formula is C26H23N5OS. The first-order valence-corrected chi connectivity index (χ1v) is 11.8. The molecule has 3 heterocycles. The van der Waals surface area contributed by atoms with Crippen LogP contribution in [-0.2, 0) is 12.8 Å². The fourth-order valence-electron chi connectivity index (χ4n) is 4.51. The lowest BCUT2D eigenvalue weighted by molar-refractivity contribution is 0.0990. The number of benzene rings is 2. The fourth-order valence-corrected chi connectivity index (χ4v) is 5.57. The van der Waals surface area contributed by atoms with Crippen LogP contribution in [0.15, 0.2) is 48.5 Å². The average molecular weight is 454 g/mol. The molecule has 0 saturated heterocycles. The SMILES string of the molecule is CCc1ccc(-c2c(C#N)c(N)nc3sc(C(=O)N4CCCc5ccccc54)c(N)c23)cc1. The average Bonchev–Trinajstić information content (AvgIpc) is 3.18. The molecule has 5 rings (SSSR count). The minimum absolute atomic E-state index is 0.142. The maximum atomic E-state index is 13.7. The predicted octanol–water partition coefficient (Wildman–Crippen LogP) is 5.15. The third kappa shape index (κ3) is 3.40. The molecule has 0 bridgehead atoms. The molecule has 2 aromatic carbocycles. The summed E-state index contributed by atoms with van der Waals surface area (Å²) in [6.07, 6.45) is 2.76. The molecule has 2 aromatic heterocycles. The Hall–Kier alpha value is -3.89. The highest BCUT2D eigenvalue weighted by Gasteiger charge is 2.29. The standard InChI is InChI=1S/C26H23N5OS/c1-2-15-9-11-17(12-10-15)20-18(14-27)24(29)30-25-21(20)22(28)23(33-25)26(32)31-13-5-7-16-6-3-4-8-19(16)31/h3-4,6,8-12H,2,5,7,13,28H2,1H3,(H2,29,30). The van der Waals surface area contributed by atoms with E-state index in [1.54, 1.807) is 4.90 Å². The van der Waals surface area contributed by atoms with E-state index < -0.39 is 0 Å². The number of anilines is 3. The molecule has 7 heteroatoms. The summed E-state index contributed by atoms with van der Waals surface area (Å²) in [5.74, 6) is -0.00450. The third-order valence-electron chi connectivity index (χ3n) is 6.22. The molecule has 164 valence electrons. The van der Waals surface area contributed by atoms with Crippen molar-refractivity contribution >= 4 is 44.7 Å². The predicted molar refractivity (Wildman–Crippen MR) is 134 cm³/mol. The van der Waals surface area contributed by atoms with Gasteiger partial charge in [-0.3, -0.25) is 4.79 Å². The monoisotopic (exact) mass is 453 g/mol. The highest BCUT2D eigenvalue weighted by molar-refractivity contribution is 7.21. The topological polar surface area (TPSA) is 109 Å². The van der Waals surface area contributed by atoms with Crippen molar-refractivity contribution in [2.45, 2.75) is 26.2 Å². The first-order chi connectivity index (χ1) is 16.0. The van der Waals surface area contributed by atoms with Gasteiger partial charge in [-0.2, -0.15) is 5.26 Å². The van der Waals surface area contributed by atoms with Gasteiger partial charge in [0.25, 0.3) is 5.91 Å². The van der Waals surface area contributed by atoms with Crippen LogP contribution in [0, 0.1) is 11.3 Å². The molecule has 0 fully saturated rings. The van der Waals surface area contributed by atoms with Crippen LogP contribution in [0.25, 0.3) is 21.3 Å². The van der Waals surface area contributed by atoms with Gasteiger partial charge >= 0.3 is 0 Å². The van der Waals surface area contributed by atoms with Crippen LogP contribution in [0.2, 0.25) is 0 Å². The van der Waals surface area contributed by atoms with E-state index in [2.05, 4.69) is 24.0 Å². The molecule has 6 nitrogen and oxygen atoms in total. The highest BCUT2D eigenvalue weighted by Crippen LogP contribution is 2.43. The second-order valence-corrected chi connectivity index (χ2v) is 9.12. The van der Waals surface area contributed by atoms with Gasteiger partial charge in [-0.15, -0.1) is 11.3 Å². The Balaban J connectivity index is 1.70. The lowest BCUT2D eigenvalue weighted by Crippen LogP contribution is -2.35. The number of pyridine rings is 1. The first-order valence-electron chi connectivity index (χ1n) is 10.9. The van der Waals surface area contributed by atoms with Crippen LogP contribution in [0.1, 0.15) is 39.7 Å². The number of nitrogens with two attached hydrogens (primary N) is 2. The van der Waals surface area contributed by atoms with Crippen molar-refractivity contribution in [2.24, 2.45) is 0 Å². The summed E-state index contributed by atoms with van der Waals surface area (Å²) in [5, 5.41) is 10.5. The number of fused-ring (bicyclic) bond motifs is 2. The highest BCUT2D eigenvalue weighted by atomic mass is 32.1. The largest absolute Gasteiger partial charge is 0.397 e. The maximum absolute atomic E-state index is 13.7. The molecule has 1 aliphatic heterocycles. The second-order valence-electron chi connectivity index (χ2n) is 8.12. The Morgan fingerprint density at radius 2 is 1.94 bits per heavy atom. The lowest BCUT2D eigenvalue weighted by atomic mass is 9.96. The minimum Gasteiger partial charge on any atom is -0.397 e. The van der Waals surface area contributed by atoms with Crippen LogP contribution in [0.3, 0.4) is 0 Å². The van der Waals surface area contributed by atoms with E-state index in [0.717, 1.165) is 36.1 Å². The Kier molecular flexibility index (Phi) is 5.23. The van der Waals surface area contributed by atoms with Gasteiger partial charge in [0.1, 0.15) is 27.2 Å². The smallest absolute Gasteiger partial charge is 0.270 e. The third-order valence-corrected chi connectivity index (χ3v) is 7.30. The number of hydrogen-bond acceptors (Lipinski definition) is 6. The van der Waals surface area contributed by atoms with Gasteiger partial charge in [-0.05, 0) is 42.0 Å². The van der Waals surface area contributed by atoms with Gasteiger partial charge in [0.15, 0.2) is 0 Å². The maximum Gasteiger partial charge on any atom is 0.270 e. The number of nitriles is 1. The fraction of sp³-hybridized carbons (Fsp3) is 0.192. The first kappa shape index (κ1) is 21.0. The van der Waals surface area contributed by atoms with E-state index in [1.165, 1.54) is 16.9 Å². The van der Waals surface area contributed by atoms with E-state index in [4.69, 9.17) is 11.5 Å². The zero-order chi connectivity index (χ0) is 23.1. The summed E-state index contributed by atoms with van der Waals surface area (Å²) in [5.41, 5.74) is 18.1. The number of carbonyl (C=O) groups is 1. The molecule has 0 unspecified atom stereocenters. The molecule has 1 amide bonds. The summed E-state index contributed by atoms with van der Waals surface area (Å²) in [7, 11) is 0. The summed E-state index contributed by atoms with van der Waals surface area (Å²) in [6, 6.07) is 18.1. The zero-order valence-electron chi connectivity index (χ0n) is 18.3. The number of aryl methyl sites for hydroxylation is 2. The Labute approximate surface area is 196 Å². The Morgan fingerprint density at radius 3 is 2.67 bits per heavy atom. The zero-order valence-corrected chi connectivity index (χ0v) is 19.1. The van der Waals surface area contributed by atoms with Crippen molar-refractivity contribution in [3.8, 4) is 17.2 Å². The van der Waals surface area contributed by atoms with Gasteiger partial charge < -0.3 is 16.4 Å². The number of carbonyl (C=O) groups excluding carboxylic acids is 1. The second kappa shape index (κ2) is 8.23. The van der Waals surface area contributed by atoms with Gasteiger partial charge in [-0.1, -0.05) is 49.4 Å². The van der Waals surface area contributed by atoms with Crippen molar-refractivity contribution in [1.82, 2.24) is 4.98 Å². The summed E-state index contributed by atoms with van der Waals surface area (Å²) in [4.78, 5) is 20.9. The van der Waals surface area contributed by atoms with E-state index in [-0.39, 0.29) is 17.3 Å². The van der Waals surface area contributed by atoms with E-state index >= 15 is 0 Å². The number of para-hydroxylation sites is 1. The molecule has 33 heavy (non-hydrogen) atoms. The van der Waals surface area contributed by atoms with Gasteiger partial charge in [0.05, 0.1) is 5.69 Å². The van der Waals surface area contributed by atoms with Crippen LogP contribution >= 0.6 is 11.3 Å². The summed E-state index contributed by atoms with van der Waals surface area (Å²) >= 11 is 1.23. The van der Waals surface area contributed by atoms with Crippen molar-refractivity contribution in [2.75, 3.05) is 22.9 Å².